The number of benzene rings is 1. The molecule has 0 atom stereocenters. The van der Waals surface area contributed by atoms with E-state index in [0.717, 1.165) is 23.3 Å². The minimum Gasteiger partial charge on any atom is -0.465 e. The van der Waals surface area contributed by atoms with Gasteiger partial charge in [-0.3, -0.25) is 4.79 Å². The lowest BCUT2D eigenvalue weighted by Crippen LogP contribution is -2.47. The Bertz CT molecular complexity index is 688. The number of esters is 1. The van der Waals surface area contributed by atoms with Crippen molar-refractivity contribution in [2.75, 3.05) is 7.11 Å². The summed E-state index contributed by atoms with van der Waals surface area (Å²) in [5.74, 6) is 2.22. The summed E-state index contributed by atoms with van der Waals surface area (Å²) in [6.07, 6.45) is 10.1. The summed E-state index contributed by atoms with van der Waals surface area (Å²) in [6, 6.07) is 6.93. The van der Waals surface area contributed by atoms with Crippen LogP contribution in [-0.4, -0.2) is 25.2 Å². The van der Waals surface area contributed by atoms with E-state index in [1.165, 1.54) is 45.6 Å². The molecule has 0 aliphatic heterocycles. The van der Waals surface area contributed by atoms with Crippen molar-refractivity contribution in [3.8, 4) is 0 Å². The normalized spacial score (nSPS) is 32.0. The maximum absolute atomic E-state index is 12.4. The van der Waals surface area contributed by atoms with Crippen LogP contribution in [0.15, 0.2) is 29.4 Å². The largest absolute Gasteiger partial charge is 0.465 e. The van der Waals surface area contributed by atoms with Gasteiger partial charge in [0, 0.05) is 6.42 Å². The number of hydrogen-bond donors (Lipinski definition) is 1. The second-order valence-electron chi connectivity index (χ2n) is 8.50. The molecule has 4 fully saturated rings. The molecule has 0 aromatic heterocycles. The fourth-order valence-corrected chi connectivity index (χ4v) is 5.89. The van der Waals surface area contributed by atoms with E-state index in [4.69, 9.17) is 0 Å². The van der Waals surface area contributed by atoms with E-state index in [0.29, 0.717) is 12.0 Å². The molecule has 1 aromatic carbocycles. The van der Waals surface area contributed by atoms with Crippen molar-refractivity contribution in [3.05, 3.63) is 35.4 Å². The molecule has 0 radical (unpaired) electrons. The maximum Gasteiger partial charge on any atom is 0.337 e. The van der Waals surface area contributed by atoms with Crippen LogP contribution >= 0.6 is 0 Å². The summed E-state index contributed by atoms with van der Waals surface area (Å²) < 4.78 is 4.67. The fourth-order valence-electron chi connectivity index (χ4n) is 5.89. The van der Waals surface area contributed by atoms with Gasteiger partial charge in [0.15, 0.2) is 0 Å². The lowest BCUT2D eigenvalue weighted by Gasteiger charge is -2.56. The van der Waals surface area contributed by atoms with Gasteiger partial charge in [-0.15, -0.1) is 0 Å². The van der Waals surface area contributed by atoms with Gasteiger partial charge in [0.2, 0.25) is 5.91 Å². The number of methoxy groups -OCH3 is 1. The lowest BCUT2D eigenvalue weighted by molar-refractivity contribution is -0.129. The van der Waals surface area contributed by atoms with Crippen molar-refractivity contribution < 1.29 is 14.3 Å². The van der Waals surface area contributed by atoms with E-state index >= 15 is 0 Å². The molecule has 0 spiro atoms. The SMILES string of the molecule is COC(=O)c1ccc(/C=N\NC(=O)CC23CC4CC(CC(C4)C2)C3)cc1. The van der Waals surface area contributed by atoms with Gasteiger partial charge in [-0.05, 0) is 79.4 Å². The van der Waals surface area contributed by atoms with Crippen LogP contribution in [0.5, 0.6) is 0 Å². The highest BCUT2D eigenvalue weighted by molar-refractivity contribution is 5.90. The quantitative estimate of drug-likeness (QED) is 0.500. The molecule has 4 saturated carbocycles. The molecule has 26 heavy (non-hydrogen) atoms. The third kappa shape index (κ3) is 3.53. The Labute approximate surface area is 154 Å². The average molecular weight is 354 g/mol. The van der Waals surface area contributed by atoms with Gasteiger partial charge < -0.3 is 4.74 Å². The van der Waals surface area contributed by atoms with Crippen molar-refractivity contribution in [2.24, 2.45) is 28.3 Å². The zero-order chi connectivity index (χ0) is 18.1. The number of hydrazone groups is 1. The monoisotopic (exact) mass is 354 g/mol. The fraction of sp³-hybridized carbons (Fsp3) is 0.571. The van der Waals surface area contributed by atoms with Crippen molar-refractivity contribution >= 4 is 18.1 Å². The van der Waals surface area contributed by atoms with E-state index < -0.39 is 0 Å². The number of hydrogen-bond acceptors (Lipinski definition) is 4. The Balaban J connectivity index is 1.31. The molecule has 1 amide bonds. The van der Waals surface area contributed by atoms with Gasteiger partial charge in [-0.1, -0.05) is 12.1 Å². The predicted octanol–water partition coefficient (Wildman–Crippen LogP) is 3.53. The molecular weight excluding hydrogens is 328 g/mol. The molecule has 4 aliphatic carbocycles. The van der Waals surface area contributed by atoms with Gasteiger partial charge in [-0.25, -0.2) is 10.2 Å². The molecule has 5 rings (SSSR count). The highest BCUT2D eigenvalue weighted by Crippen LogP contribution is 2.61. The third-order valence-corrected chi connectivity index (χ3v) is 6.44. The molecule has 0 saturated heterocycles. The van der Waals surface area contributed by atoms with Crippen LogP contribution in [0.25, 0.3) is 0 Å². The highest BCUT2D eigenvalue weighted by Gasteiger charge is 2.51. The number of ether oxygens (including phenoxy) is 1. The van der Waals surface area contributed by atoms with Gasteiger partial charge in [0.25, 0.3) is 0 Å². The van der Waals surface area contributed by atoms with Crippen LogP contribution in [0, 0.1) is 23.2 Å². The maximum atomic E-state index is 12.4. The minimum atomic E-state index is -0.364. The average Bonchev–Trinajstić information content (AvgIpc) is 2.60. The summed E-state index contributed by atoms with van der Waals surface area (Å²) in [5.41, 5.74) is 4.25. The molecule has 0 heterocycles. The Morgan fingerprint density at radius 3 is 2.23 bits per heavy atom. The third-order valence-electron chi connectivity index (χ3n) is 6.44. The molecule has 0 unspecified atom stereocenters. The van der Waals surface area contributed by atoms with Crippen LogP contribution < -0.4 is 5.43 Å². The van der Waals surface area contributed by atoms with Crippen molar-refractivity contribution in [3.63, 3.8) is 0 Å². The molecule has 5 nitrogen and oxygen atoms in total. The molecule has 5 heteroatoms. The van der Waals surface area contributed by atoms with Crippen LogP contribution in [0.3, 0.4) is 0 Å². The number of amides is 1. The first-order valence-corrected chi connectivity index (χ1v) is 9.55. The highest BCUT2D eigenvalue weighted by atomic mass is 16.5. The van der Waals surface area contributed by atoms with E-state index in [2.05, 4.69) is 15.3 Å². The Kier molecular flexibility index (Phi) is 4.55. The molecular formula is C21H26N2O3. The summed E-state index contributed by atoms with van der Waals surface area (Å²) in [7, 11) is 1.36. The molecule has 1 aromatic rings. The zero-order valence-electron chi connectivity index (χ0n) is 15.2. The van der Waals surface area contributed by atoms with E-state index in [1.54, 1.807) is 30.5 Å². The second-order valence-corrected chi connectivity index (χ2v) is 8.50. The topological polar surface area (TPSA) is 67.8 Å². The van der Waals surface area contributed by atoms with E-state index in [-0.39, 0.29) is 17.3 Å². The van der Waals surface area contributed by atoms with Gasteiger partial charge in [0.05, 0.1) is 18.9 Å². The number of nitrogens with zero attached hydrogens (tertiary/aromatic N) is 1. The number of carbonyl (C=O) groups is 2. The Morgan fingerprint density at radius 2 is 1.69 bits per heavy atom. The van der Waals surface area contributed by atoms with E-state index in [1.807, 2.05) is 0 Å². The smallest absolute Gasteiger partial charge is 0.337 e. The zero-order valence-corrected chi connectivity index (χ0v) is 15.2. The van der Waals surface area contributed by atoms with Gasteiger partial charge >= 0.3 is 5.97 Å². The predicted molar refractivity (Wildman–Crippen MR) is 98.7 cm³/mol. The summed E-state index contributed by atoms with van der Waals surface area (Å²) in [4.78, 5) is 23.8. The summed E-state index contributed by atoms with van der Waals surface area (Å²) >= 11 is 0. The van der Waals surface area contributed by atoms with Crippen LogP contribution in [-0.2, 0) is 9.53 Å². The molecule has 1 N–H and O–H groups in total. The first-order chi connectivity index (χ1) is 12.5. The standard InChI is InChI=1S/C21H26N2O3/c1-26-20(25)18-4-2-14(3-5-18)13-22-23-19(24)12-21-9-15-6-16(10-21)8-17(7-15)11-21/h2-5,13,15-17H,6-12H2,1H3,(H,23,24)/b22-13-. The van der Waals surface area contributed by atoms with Gasteiger partial charge in [-0.2, -0.15) is 5.10 Å². The Morgan fingerprint density at radius 1 is 1.12 bits per heavy atom. The van der Waals surface area contributed by atoms with Gasteiger partial charge in [0.1, 0.15) is 0 Å². The Hall–Kier alpha value is -2.17. The second kappa shape index (κ2) is 6.86. The van der Waals surface area contributed by atoms with E-state index in [9.17, 15) is 9.59 Å². The molecule has 138 valence electrons. The van der Waals surface area contributed by atoms with Crippen LogP contribution in [0.2, 0.25) is 0 Å². The summed E-state index contributed by atoms with van der Waals surface area (Å²) in [5, 5.41) is 4.09. The summed E-state index contributed by atoms with van der Waals surface area (Å²) in [6.45, 7) is 0. The minimum absolute atomic E-state index is 0.0226. The lowest BCUT2D eigenvalue weighted by atomic mass is 9.49. The first kappa shape index (κ1) is 17.3. The number of nitrogens with one attached hydrogen (secondary N) is 1. The number of rotatable bonds is 5. The molecule has 4 bridgehead atoms. The van der Waals surface area contributed by atoms with Crippen molar-refractivity contribution in [2.45, 2.75) is 44.9 Å². The molecule has 4 aliphatic rings. The van der Waals surface area contributed by atoms with Crippen LogP contribution in [0.1, 0.15) is 60.9 Å². The first-order valence-electron chi connectivity index (χ1n) is 9.55. The van der Waals surface area contributed by atoms with Crippen LogP contribution in [0.4, 0.5) is 0 Å². The number of carbonyl (C=O) groups excluding carboxylic acids is 2. The van der Waals surface area contributed by atoms with Crippen molar-refractivity contribution in [1.82, 2.24) is 5.43 Å². The van der Waals surface area contributed by atoms with Crippen molar-refractivity contribution in [1.29, 1.82) is 0 Å².